The van der Waals surface area contributed by atoms with Crippen molar-refractivity contribution in [2.75, 3.05) is 13.6 Å². The average Bonchev–Trinajstić information content (AvgIpc) is 2.01. The predicted octanol–water partition coefficient (Wildman–Crippen LogP) is 3.45. The monoisotopic (exact) mass is 185 g/mol. The van der Waals surface area contributed by atoms with Gasteiger partial charge in [-0.05, 0) is 37.8 Å². The van der Waals surface area contributed by atoms with Gasteiger partial charge in [-0.1, -0.05) is 40.5 Å². The van der Waals surface area contributed by atoms with Crippen LogP contribution in [0.5, 0.6) is 0 Å². The summed E-state index contributed by atoms with van der Waals surface area (Å²) in [6.07, 6.45) is 5.39. The maximum Gasteiger partial charge on any atom is -0.00518 e. The Morgan fingerprint density at radius 2 is 1.77 bits per heavy atom. The van der Waals surface area contributed by atoms with Gasteiger partial charge in [-0.2, -0.15) is 0 Å². The predicted molar refractivity (Wildman–Crippen MR) is 61.0 cm³/mol. The fourth-order valence-electron chi connectivity index (χ4n) is 1.88. The van der Waals surface area contributed by atoms with Crippen LogP contribution in [0.1, 0.15) is 53.4 Å². The van der Waals surface area contributed by atoms with Crippen LogP contribution in [0.2, 0.25) is 0 Å². The van der Waals surface area contributed by atoms with Gasteiger partial charge in [-0.15, -0.1) is 0 Å². The van der Waals surface area contributed by atoms with Gasteiger partial charge in [-0.25, -0.2) is 0 Å². The Balaban J connectivity index is 3.81. The van der Waals surface area contributed by atoms with Crippen LogP contribution in [-0.4, -0.2) is 13.6 Å². The average molecular weight is 185 g/mol. The van der Waals surface area contributed by atoms with Gasteiger partial charge in [-0.3, -0.25) is 0 Å². The first-order chi connectivity index (χ1) is 6.02. The lowest BCUT2D eigenvalue weighted by atomic mass is 9.76. The van der Waals surface area contributed by atoms with Gasteiger partial charge in [0.25, 0.3) is 0 Å². The Kier molecular flexibility index (Phi) is 6.40. The summed E-state index contributed by atoms with van der Waals surface area (Å²) < 4.78 is 0. The van der Waals surface area contributed by atoms with E-state index in [1.165, 1.54) is 25.7 Å². The highest BCUT2D eigenvalue weighted by Gasteiger charge is 2.22. The lowest BCUT2D eigenvalue weighted by Gasteiger charge is -2.30. The van der Waals surface area contributed by atoms with Crippen molar-refractivity contribution in [3.05, 3.63) is 0 Å². The van der Waals surface area contributed by atoms with Crippen LogP contribution in [0.3, 0.4) is 0 Å². The molecule has 0 aromatic carbocycles. The van der Waals surface area contributed by atoms with E-state index in [1.807, 2.05) is 7.05 Å². The third-order valence-corrected chi connectivity index (χ3v) is 2.84. The molecule has 0 aliphatic carbocycles. The summed E-state index contributed by atoms with van der Waals surface area (Å²) in [7, 11) is 2.03. The van der Waals surface area contributed by atoms with E-state index in [2.05, 4.69) is 33.0 Å². The van der Waals surface area contributed by atoms with Gasteiger partial charge < -0.3 is 5.32 Å². The minimum atomic E-state index is 0.490. The minimum absolute atomic E-state index is 0.490. The van der Waals surface area contributed by atoms with Crippen LogP contribution in [0.4, 0.5) is 0 Å². The van der Waals surface area contributed by atoms with E-state index in [0.29, 0.717) is 5.41 Å². The van der Waals surface area contributed by atoms with Crippen molar-refractivity contribution in [1.82, 2.24) is 5.32 Å². The van der Waals surface area contributed by atoms with E-state index in [-0.39, 0.29) is 0 Å². The van der Waals surface area contributed by atoms with E-state index < -0.39 is 0 Å². The molecule has 0 aliphatic heterocycles. The Hall–Kier alpha value is -0.0400. The van der Waals surface area contributed by atoms with Gasteiger partial charge >= 0.3 is 0 Å². The first-order valence-corrected chi connectivity index (χ1v) is 5.67. The number of rotatable bonds is 6. The molecule has 1 atom stereocenters. The van der Waals surface area contributed by atoms with Gasteiger partial charge in [0.2, 0.25) is 0 Å². The zero-order valence-electron chi connectivity index (χ0n) is 10.1. The standard InChI is InChI=1S/C12H27N/c1-6-8-11(12(2,3)4)9-7-10-13-5/h11,13H,6-10H2,1-5H3. The van der Waals surface area contributed by atoms with E-state index in [0.717, 1.165) is 12.5 Å². The second kappa shape index (κ2) is 6.42. The molecule has 0 aromatic rings. The molecule has 13 heavy (non-hydrogen) atoms. The largest absolute Gasteiger partial charge is 0.320 e. The molecule has 1 N–H and O–H groups in total. The summed E-state index contributed by atoms with van der Waals surface area (Å²) in [5.41, 5.74) is 0.490. The van der Waals surface area contributed by atoms with Crippen molar-refractivity contribution in [2.45, 2.75) is 53.4 Å². The van der Waals surface area contributed by atoms with E-state index in [4.69, 9.17) is 0 Å². The fourth-order valence-corrected chi connectivity index (χ4v) is 1.88. The second-order valence-electron chi connectivity index (χ2n) is 5.10. The van der Waals surface area contributed by atoms with Crippen LogP contribution in [0, 0.1) is 11.3 Å². The molecule has 1 heteroatoms. The molecular formula is C12H27N. The van der Waals surface area contributed by atoms with Crippen LogP contribution in [0.15, 0.2) is 0 Å². The molecule has 0 spiro atoms. The molecule has 0 fully saturated rings. The topological polar surface area (TPSA) is 12.0 Å². The van der Waals surface area contributed by atoms with E-state index in [9.17, 15) is 0 Å². The summed E-state index contributed by atoms with van der Waals surface area (Å²) in [5, 5.41) is 3.22. The van der Waals surface area contributed by atoms with Crippen molar-refractivity contribution >= 4 is 0 Å². The molecule has 0 bridgehead atoms. The first kappa shape index (κ1) is 13.0. The minimum Gasteiger partial charge on any atom is -0.320 e. The summed E-state index contributed by atoms with van der Waals surface area (Å²) in [6, 6.07) is 0. The molecule has 0 heterocycles. The molecule has 0 saturated carbocycles. The highest BCUT2D eigenvalue weighted by Crippen LogP contribution is 2.33. The van der Waals surface area contributed by atoms with Crippen LogP contribution in [-0.2, 0) is 0 Å². The molecule has 0 rings (SSSR count). The lowest BCUT2D eigenvalue weighted by molar-refractivity contribution is 0.206. The summed E-state index contributed by atoms with van der Waals surface area (Å²) in [5.74, 6) is 0.894. The van der Waals surface area contributed by atoms with Crippen molar-refractivity contribution in [3.63, 3.8) is 0 Å². The molecule has 0 saturated heterocycles. The third kappa shape index (κ3) is 6.09. The summed E-state index contributed by atoms with van der Waals surface area (Å²) >= 11 is 0. The van der Waals surface area contributed by atoms with Crippen molar-refractivity contribution in [3.8, 4) is 0 Å². The Morgan fingerprint density at radius 3 is 2.15 bits per heavy atom. The zero-order valence-corrected chi connectivity index (χ0v) is 10.1. The van der Waals surface area contributed by atoms with Gasteiger partial charge in [0.1, 0.15) is 0 Å². The molecule has 80 valence electrons. The molecule has 0 aliphatic rings. The highest BCUT2D eigenvalue weighted by atomic mass is 14.8. The van der Waals surface area contributed by atoms with Crippen LogP contribution in [0.25, 0.3) is 0 Å². The number of hydrogen-bond acceptors (Lipinski definition) is 1. The highest BCUT2D eigenvalue weighted by molar-refractivity contribution is 4.73. The Bertz CT molecular complexity index is 113. The van der Waals surface area contributed by atoms with Crippen molar-refractivity contribution in [2.24, 2.45) is 11.3 Å². The molecule has 0 radical (unpaired) electrons. The Morgan fingerprint density at radius 1 is 1.15 bits per heavy atom. The van der Waals surface area contributed by atoms with Crippen LogP contribution < -0.4 is 5.32 Å². The van der Waals surface area contributed by atoms with Crippen LogP contribution >= 0.6 is 0 Å². The van der Waals surface area contributed by atoms with E-state index >= 15 is 0 Å². The van der Waals surface area contributed by atoms with Gasteiger partial charge in [0.15, 0.2) is 0 Å². The third-order valence-electron chi connectivity index (χ3n) is 2.84. The maximum atomic E-state index is 3.22. The van der Waals surface area contributed by atoms with Gasteiger partial charge in [0.05, 0.1) is 0 Å². The molecule has 0 aromatic heterocycles. The summed E-state index contributed by atoms with van der Waals surface area (Å²) in [4.78, 5) is 0. The first-order valence-electron chi connectivity index (χ1n) is 5.67. The molecule has 1 unspecified atom stereocenters. The second-order valence-corrected chi connectivity index (χ2v) is 5.10. The lowest BCUT2D eigenvalue weighted by Crippen LogP contribution is -2.21. The normalized spacial score (nSPS) is 14.5. The van der Waals surface area contributed by atoms with E-state index in [1.54, 1.807) is 0 Å². The number of hydrogen-bond donors (Lipinski definition) is 1. The van der Waals surface area contributed by atoms with Crippen molar-refractivity contribution in [1.29, 1.82) is 0 Å². The molecule has 1 nitrogen and oxygen atoms in total. The van der Waals surface area contributed by atoms with Crippen molar-refractivity contribution < 1.29 is 0 Å². The molecule has 0 amide bonds. The smallest absolute Gasteiger partial charge is 0.00518 e. The SMILES string of the molecule is CCCC(CCCNC)C(C)(C)C. The molecular weight excluding hydrogens is 158 g/mol. The van der Waals surface area contributed by atoms with Gasteiger partial charge in [0, 0.05) is 0 Å². The fraction of sp³-hybridized carbons (Fsp3) is 1.00. The number of nitrogens with one attached hydrogen (secondary N) is 1. The summed E-state index contributed by atoms with van der Waals surface area (Å²) in [6.45, 7) is 10.6. The quantitative estimate of drug-likeness (QED) is 0.625. The Labute approximate surface area is 84.3 Å². The maximum absolute atomic E-state index is 3.22. The zero-order chi connectivity index (χ0) is 10.3.